The number of carbonyl (C=O) groups is 1. The zero-order valence-corrected chi connectivity index (χ0v) is 15.1. The summed E-state index contributed by atoms with van der Waals surface area (Å²) in [5.41, 5.74) is 1.23. The first kappa shape index (κ1) is 19.1. The second-order valence-electron chi connectivity index (χ2n) is 5.36. The van der Waals surface area contributed by atoms with Crippen molar-refractivity contribution >= 4 is 40.0 Å². The van der Waals surface area contributed by atoms with Crippen molar-refractivity contribution in [3.05, 3.63) is 47.3 Å². The molecule has 2 aromatic rings. The van der Waals surface area contributed by atoms with Crippen LogP contribution in [0.3, 0.4) is 0 Å². The summed E-state index contributed by atoms with van der Waals surface area (Å²) in [6.45, 7) is 1.61. The first-order valence-corrected chi connectivity index (χ1v) is 9.22. The lowest BCUT2D eigenvalue weighted by Crippen LogP contribution is -2.11. The molecule has 1 heterocycles. The highest BCUT2D eigenvalue weighted by atomic mass is 35.5. The summed E-state index contributed by atoms with van der Waals surface area (Å²) in [4.78, 5) is 15.1. The highest BCUT2D eigenvalue weighted by Crippen LogP contribution is 2.38. The Bertz CT molecular complexity index is 757. The summed E-state index contributed by atoms with van der Waals surface area (Å²) in [5, 5.41) is 9.04. The van der Waals surface area contributed by atoms with Gasteiger partial charge in [-0.3, -0.25) is 4.79 Å². The fourth-order valence-electron chi connectivity index (χ4n) is 2.62. The third-order valence-corrected chi connectivity index (χ3v) is 6.44. The van der Waals surface area contributed by atoms with Gasteiger partial charge in [0.25, 0.3) is 0 Å². The van der Waals surface area contributed by atoms with Crippen LogP contribution in [0.4, 0.5) is 8.78 Å². The SMILES string of the molecule is CC(SSc1nccn1C1Cc2cc(F)cc(F)c2C1)C(=O)O.Cl. The second kappa shape index (κ2) is 7.76. The maximum Gasteiger partial charge on any atom is 0.317 e. The van der Waals surface area contributed by atoms with Crippen LogP contribution in [0.25, 0.3) is 0 Å². The Kier molecular flexibility index (Phi) is 6.17. The molecule has 0 aliphatic heterocycles. The second-order valence-corrected chi connectivity index (χ2v) is 7.87. The molecule has 4 nitrogen and oxygen atoms in total. The van der Waals surface area contributed by atoms with Crippen LogP contribution in [0.1, 0.15) is 24.1 Å². The van der Waals surface area contributed by atoms with Crippen LogP contribution in [-0.4, -0.2) is 25.9 Å². The van der Waals surface area contributed by atoms with Gasteiger partial charge in [0.2, 0.25) is 0 Å². The standard InChI is InChI=1S/C15H14F2N2O2S2.ClH/c1-8(14(20)21)22-23-15-18-2-3-19(15)11-5-9-4-10(16)6-13(17)12(9)7-11;/h2-4,6,8,11H,5,7H2,1H3,(H,20,21);1H. The van der Waals surface area contributed by atoms with Crippen molar-refractivity contribution in [3.63, 3.8) is 0 Å². The van der Waals surface area contributed by atoms with E-state index in [1.165, 1.54) is 27.7 Å². The number of rotatable bonds is 5. The van der Waals surface area contributed by atoms with Crippen LogP contribution in [-0.2, 0) is 17.6 Å². The molecule has 3 rings (SSSR count). The summed E-state index contributed by atoms with van der Waals surface area (Å²) in [6.07, 6.45) is 4.44. The number of aromatic nitrogens is 2. The van der Waals surface area contributed by atoms with E-state index in [1.54, 1.807) is 19.3 Å². The van der Waals surface area contributed by atoms with Crippen molar-refractivity contribution in [2.45, 2.75) is 36.2 Å². The Morgan fingerprint density at radius 1 is 1.42 bits per heavy atom. The Morgan fingerprint density at radius 2 is 2.17 bits per heavy atom. The van der Waals surface area contributed by atoms with Crippen LogP contribution in [0.2, 0.25) is 0 Å². The van der Waals surface area contributed by atoms with Gasteiger partial charge in [-0.2, -0.15) is 0 Å². The van der Waals surface area contributed by atoms with E-state index in [9.17, 15) is 13.6 Å². The number of nitrogens with zero attached hydrogens (tertiary/aromatic N) is 2. The summed E-state index contributed by atoms with van der Waals surface area (Å²) in [6, 6.07) is 2.26. The van der Waals surface area contributed by atoms with Crippen molar-refractivity contribution in [2.24, 2.45) is 0 Å². The molecule has 1 aliphatic rings. The molecule has 0 bridgehead atoms. The van der Waals surface area contributed by atoms with Gasteiger partial charge in [-0.1, -0.05) is 10.8 Å². The number of hydrogen-bond donors (Lipinski definition) is 1. The maximum atomic E-state index is 13.9. The molecule has 1 aliphatic carbocycles. The number of hydrogen-bond acceptors (Lipinski definition) is 4. The molecule has 0 fully saturated rings. The Balaban J connectivity index is 0.00000208. The fraction of sp³-hybridized carbons (Fsp3) is 0.333. The molecular formula is C15H15ClF2N2O2S2. The predicted molar refractivity (Wildman–Crippen MR) is 92.8 cm³/mol. The molecule has 0 radical (unpaired) electrons. The number of benzene rings is 1. The zero-order valence-electron chi connectivity index (χ0n) is 12.6. The molecule has 1 aromatic heterocycles. The van der Waals surface area contributed by atoms with E-state index < -0.39 is 22.9 Å². The molecule has 24 heavy (non-hydrogen) atoms. The topological polar surface area (TPSA) is 55.1 Å². The first-order valence-electron chi connectivity index (χ1n) is 7.01. The van der Waals surface area contributed by atoms with Gasteiger partial charge in [0.1, 0.15) is 16.9 Å². The van der Waals surface area contributed by atoms with Crippen molar-refractivity contribution in [1.29, 1.82) is 0 Å². The highest BCUT2D eigenvalue weighted by Gasteiger charge is 2.28. The number of halogens is 3. The summed E-state index contributed by atoms with van der Waals surface area (Å²) >= 11 is 0. The number of carboxylic acids is 1. The van der Waals surface area contributed by atoms with Gasteiger partial charge >= 0.3 is 5.97 Å². The van der Waals surface area contributed by atoms with Crippen molar-refractivity contribution < 1.29 is 18.7 Å². The lowest BCUT2D eigenvalue weighted by Gasteiger charge is -2.14. The van der Waals surface area contributed by atoms with Gasteiger partial charge in [0.15, 0.2) is 5.16 Å². The van der Waals surface area contributed by atoms with Crippen molar-refractivity contribution in [2.75, 3.05) is 0 Å². The van der Waals surface area contributed by atoms with E-state index in [4.69, 9.17) is 5.11 Å². The summed E-state index contributed by atoms with van der Waals surface area (Å²) in [5.74, 6) is -1.95. The summed E-state index contributed by atoms with van der Waals surface area (Å²) < 4.78 is 29.1. The third-order valence-electron chi connectivity index (χ3n) is 3.79. The molecule has 0 saturated carbocycles. The van der Waals surface area contributed by atoms with Crippen LogP contribution in [0.5, 0.6) is 0 Å². The quantitative estimate of drug-likeness (QED) is 0.775. The molecule has 0 saturated heterocycles. The molecule has 1 aromatic carbocycles. The smallest absolute Gasteiger partial charge is 0.317 e. The lowest BCUT2D eigenvalue weighted by atomic mass is 10.1. The average Bonchev–Trinajstić information content (AvgIpc) is 3.10. The first-order chi connectivity index (χ1) is 11.0. The fourth-order valence-corrected chi connectivity index (χ4v) is 4.66. The van der Waals surface area contributed by atoms with Crippen LogP contribution < -0.4 is 0 Å². The number of carboxylic acid groups (broad SMARTS) is 1. The van der Waals surface area contributed by atoms with E-state index in [0.29, 0.717) is 29.1 Å². The molecule has 0 spiro atoms. The van der Waals surface area contributed by atoms with E-state index in [0.717, 1.165) is 6.07 Å². The number of imidazole rings is 1. The monoisotopic (exact) mass is 392 g/mol. The third kappa shape index (κ3) is 3.87. The van der Waals surface area contributed by atoms with Crippen LogP contribution in [0, 0.1) is 11.6 Å². The number of fused-ring (bicyclic) bond motifs is 1. The Labute approximate surface area is 151 Å². The van der Waals surface area contributed by atoms with E-state index in [2.05, 4.69) is 4.98 Å². The van der Waals surface area contributed by atoms with Gasteiger partial charge in [-0.25, -0.2) is 13.8 Å². The van der Waals surface area contributed by atoms with Crippen LogP contribution >= 0.6 is 34.0 Å². The molecule has 2 unspecified atom stereocenters. The van der Waals surface area contributed by atoms with Gasteiger partial charge in [0.05, 0.1) is 0 Å². The van der Waals surface area contributed by atoms with Gasteiger partial charge in [0, 0.05) is 24.5 Å². The predicted octanol–water partition coefficient (Wildman–Crippen LogP) is 4.14. The van der Waals surface area contributed by atoms with E-state index in [-0.39, 0.29) is 18.4 Å². The molecule has 1 N–H and O–H groups in total. The van der Waals surface area contributed by atoms with Gasteiger partial charge < -0.3 is 9.67 Å². The Hall–Kier alpha value is -1.25. The molecule has 2 atom stereocenters. The van der Waals surface area contributed by atoms with Gasteiger partial charge in [-0.15, -0.1) is 12.4 Å². The zero-order chi connectivity index (χ0) is 16.6. The largest absolute Gasteiger partial charge is 0.480 e. The minimum Gasteiger partial charge on any atom is -0.480 e. The van der Waals surface area contributed by atoms with E-state index >= 15 is 0 Å². The van der Waals surface area contributed by atoms with Crippen LogP contribution in [0.15, 0.2) is 29.7 Å². The molecule has 9 heteroatoms. The lowest BCUT2D eigenvalue weighted by molar-refractivity contribution is -0.136. The Morgan fingerprint density at radius 3 is 2.88 bits per heavy atom. The molecule has 130 valence electrons. The summed E-state index contributed by atoms with van der Waals surface area (Å²) in [7, 11) is 2.49. The minimum absolute atomic E-state index is 0. The molecule has 0 amide bonds. The maximum absolute atomic E-state index is 13.9. The van der Waals surface area contributed by atoms with Crippen molar-refractivity contribution in [1.82, 2.24) is 9.55 Å². The number of aliphatic carboxylic acids is 1. The van der Waals surface area contributed by atoms with Gasteiger partial charge in [-0.05, 0) is 47.8 Å². The minimum atomic E-state index is -0.883. The highest BCUT2D eigenvalue weighted by molar-refractivity contribution is 8.77. The normalized spacial score (nSPS) is 17.2. The van der Waals surface area contributed by atoms with Crippen molar-refractivity contribution in [3.8, 4) is 0 Å². The molecular weight excluding hydrogens is 378 g/mol. The average molecular weight is 393 g/mol. The van der Waals surface area contributed by atoms with E-state index in [1.807, 2.05) is 4.57 Å².